The van der Waals surface area contributed by atoms with Crippen LogP contribution in [0.2, 0.25) is 0 Å². The van der Waals surface area contributed by atoms with Crippen LogP contribution in [0.3, 0.4) is 0 Å². The first kappa shape index (κ1) is 12.8. The third-order valence-corrected chi connectivity index (χ3v) is 3.53. The summed E-state index contributed by atoms with van der Waals surface area (Å²) in [4.78, 5) is -0.0527. The molecule has 1 atom stereocenters. The molecule has 0 unspecified atom stereocenters. The van der Waals surface area contributed by atoms with Crippen molar-refractivity contribution in [2.75, 3.05) is 12.3 Å². The molecule has 5 N–H and O–H groups in total. The molecule has 0 aliphatic heterocycles. The predicted molar refractivity (Wildman–Crippen MR) is 59.4 cm³/mol. The van der Waals surface area contributed by atoms with Crippen LogP contribution in [0.4, 0.5) is 5.69 Å². The van der Waals surface area contributed by atoms with E-state index in [4.69, 9.17) is 15.9 Å². The Balaban J connectivity index is 3.03. The highest BCUT2D eigenvalue weighted by Crippen LogP contribution is 2.23. The highest BCUT2D eigenvalue weighted by Gasteiger charge is 2.17. The lowest BCUT2D eigenvalue weighted by molar-refractivity contribution is 0.265. The molecule has 7 heteroatoms. The van der Waals surface area contributed by atoms with E-state index in [1.807, 2.05) is 0 Å². The SMILES string of the molecule is C[C@@H](CO)NS(=O)(=O)c1ccc(O)c(N)c1. The fourth-order valence-corrected chi connectivity index (χ4v) is 2.34. The zero-order valence-corrected chi connectivity index (χ0v) is 9.53. The number of anilines is 1. The van der Waals surface area contributed by atoms with Crippen molar-refractivity contribution in [3.8, 4) is 5.75 Å². The Kier molecular flexibility index (Phi) is 3.74. The lowest BCUT2D eigenvalue weighted by atomic mass is 10.3. The van der Waals surface area contributed by atoms with Gasteiger partial charge in [0.05, 0.1) is 17.2 Å². The third kappa shape index (κ3) is 2.84. The molecule has 1 rings (SSSR count). The monoisotopic (exact) mass is 246 g/mol. The van der Waals surface area contributed by atoms with E-state index in [0.29, 0.717) is 0 Å². The van der Waals surface area contributed by atoms with Crippen molar-refractivity contribution in [1.29, 1.82) is 0 Å². The molecule has 0 saturated carbocycles. The number of nitrogens with one attached hydrogen (secondary N) is 1. The molecular formula is C9H14N2O4S. The van der Waals surface area contributed by atoms with Crippen LogP contribution in [0, 0.1) is 0 Å². The van der Waals surface area contributed by atoms with Crippen molar-refractivity contribution >= 4 is 15.7 Å². The topological polar surface area (TPSA) is 113 Å². The Morgan fingerprint density at radius 3 is 2.62 bits per heavy atom. The Morgan fingerprint density at radius 1 is 1.50 bits per heavy atom. The molecule has 1 aromatic rings. The summed E-state index contributed by atoms with van der Waals surface area (Å²) >= 11 is 0. The molecule has 6 nitrogen and oxygen atoms in total. The Hall–Kier alpha value is -1.31. The molecule has 0 heterocycles. The van der Waals surface area contributed by atoms with Crippen molar-refractivity contribution in [3.05, 3.63) is 18.2 Å². The van der Waals surface area contributed by atoms with Crippen molar-refractivity contribution in [2.45, 2.75) is 17.9 Å². The van der Waals surface area contributed by atoms with Gasteiger partial charge in [-0.3, -0.25) is 0 Å². The van der Waals surface area contributed by atoms with Gasteiger partial charge in [-0.2, -0.15) is 0 Å². The number of benzene rings is 1. The lowest BCUT2D eigenvalue weighted by Gasteiger charge is -2.12. The number of hydrogen-bond donors (Lipinski definition) is 4. The van der Waals surface area contributed by atoms with E-state index in [1.54, 1.807) is 0 Å². The zero-order chi connectivity index (χ0) is 12.3. The summed E-state index contributed by atoms with van der Waals surface area (Å²) in [5.41, 5.74) is 5.37. The molecule has 0 saturated heterocycles. The van der Waals surface area contributed by atoms with Crippen molar-refractivity contribution in [1.82, 2.24) is 4.72 Å². The predicted octanol–water partition coefficient (Wildman–Crippen LogP) is -0.367. The first-order valence-electron chi connectivity index (χ1n) is 4.58. The smallest absolute Gasteiger partial charge is 0.240 e. The van der Waals surface area contributed by atoms with Crippen LogP contribution in [-0.4, -0.2) is 31.3 Å². The van der Waals surface area contributed by atoms with Gasteiger partial charge in [0.1, 0.15) is 5.75 Å². The fourth-order valence-electron chi connectivity index (χ4n) is 1.07. The minimum atomic E-state index is -3.71. The standard InChI is InChI=1S/C9H14N2O4S/c1-6(5-12)11-16(14,15)7-2-3-9(13)8(10)4-7/h2-4,6,11-13H,5,10H2,1H3/t6-/m0/s1. The second kappa shape index (κ2) is 4.69. The van der Waals surface area contributed by atoms with Crippen molar-refractivity contribution in [2.24, 2.45) is 0 Å². The summed E-state index contributed by atoms with van der Waals surface area (Å²) in [5.74, 6) is -0.172. The van der Waals surface area contributed by atoms with E-state index in [9.17, 15) is 8.42 Å². The largest absolute Gasteiger partial charge is 0.506 e. The average Bonchev–Trinajstić information content (AvgIpc) is 2.21. The molecule has 16 heavy (non-hydrogen) atoms. The van der Waals surface area contributed by atoms with Gasteiger partial charge in [0.25, 0.3) is 0 Å². The van der Waals surface area contributed by atoms with E-state index in [2.05, 4.69) is 4.72 Å². The Bertz CT molecular complexity index is 472. The zero-order valence-electron chi connectivity index (χ0n) is 8.71. The number of aromatic hydroxyl groups is 1. The van der Waals surface area contributed by atoms with E-state index >= 15 is 0 Å². The van der Waals surface area contributed by atoms with Gasteiger partial charge in [0.15, 0.2) is 0 Å². The number of nitrogen functional groups attached to an aromatic ring is 1. The van der Waals surface area contributed by atoms with Crippen LogP contribution < -0.4 is 10.5 Å². The second-order valence-electron chi connectivity index (χ2n) is 3.43. The van der Waals surface area contributed by atoms with Gasteiger partial charge in [0, 0.05) is 6.04 Å². The first-order chi connectivity index (χ1) is 7.36. The summed E-state index contributed by atoms with van der Waals surface area (Å²) in [6, 6.07) is 3.01. The minimum Gasteiger partial charge on any atom is -0.506 e. The number of aliphatic hydroxyl groups excluding tert-OH is 1. The normalized spacial score (nSPS) is 13.6. The highest BCUT2D eigenvalue weighted by molar-refractivity contribution is 7.89. The second-order valence-corrected chi connectivity index (χ2v) is 5.14. The summed E-state index contributed by atoms with van der Waals surface area (Å²) in [6.07, 6.45) is 0. The maximum Gasteiger partial charge on any atom is 0.240 e. The lowest BCUT2D eigenvalue weighted by Crippen LogP contribution is -2.35. The average molecular weight is 246 g/mol. The number of aliphatic hydroxyl groups is 1. The Labute approximate surface area is 93.8 Å². The summed E-state index contributed by atoms with van der Waals surface area (Å²) in [5, 5.41) is 17.9. The van der Waals surface area contributed by atoms with E-state index in [-0.39, 0.29) is 22.9 Å². The number of phenolic OH excluding ortho intramolecular Hbond substituents is 1. The van der Waals surface area contributed by atoms with Crippen LogP contribution in [0.25, 0.3) is 0 Å². The molecule has 0 radical (unpaired) electrons. The van der Waals surface area contributed by atoms with Gasteiger partial charge >= 0.3 is 0 Å². The van der Waals surface area contributed by atoms with E-state index in [0.717, 1.165) is 6.07 Å². The molecular weight excluding hydrogens is 232 g/mol. The van der Waals surface area contributed by atoms with Crippen LogP contribution in [0.15, 0.2) is 23.1 Å². The molecule has 0 aliphatic rings. The highest BCUT2D eigenvalue weighted by atomic mass is 32.2. The molecule has 0 spiro atoms. The molecule has 90 valence electrons. The first-order valence-corrected chi connectivity index (χ1v) is 6.07. The van der Waals surface area contributed by atoms with Crippen LogP contribution in [0.1, 0.15) is 6.92 Å². The van der Waals surface area contributed by atoms with Gasteiger partial charge in [0.2, 0.25) is 10.0 Å². The number of rotatable bonds is 4. The maximum atomic E-state index is 11.7. The molecule has 0 bridgehead atoms. The summed E-state index contributed by atoms with van der Waals surface area (Å²) in [6.45, 7) is 1.23. The number of sulfonamides is 1. The molecule has 0 aliphatic carbocycles. The van der Waals surface area contributed by atoms with Gasteiger partial charge < -0.3 is 15.9 Å². The van der Waals surface area contributed by atoms with Gasteiger partial charge in [-0.05, 0) is 25.1 Å². The quantitative estimate of drug-likeness (QED) is 0.428. The fraction of sp³-hybridized carbons (Fsp3) is 0.333. The minimum absolute atomic E-state index is 0.0143. The van der Waals surface area contributed by atoms with Crippen molar-refractivity contribution in [3.63, 3.8) is 0 Å². The maximum absolute atomic E-state index is 11.7. The molecule has 0 aromatic heterocycles. The number of phenols is 1. The van der Waals surface area contributed by atoms with Crippen LogP contribution in [0.5, 0.6) is 5.75 Å². The van der Waals surface area contributed by atoms with Crippen molar-refractivity contribution < 1.29 is 18.6 Å². The van der Waals surface area contributed by atoms with Gasteiger partial charge in [-0.25, -0.2) is 13.1 Å². The van der Waals surface area contributed by atoms with Crippen LogP contribution >= 0.6 is 0 Å². The number of hydrogen-bond acceptors (Lipinski definition) is 5. The summed E-state index contributed by atoms with van der Waals surface area (Å²) < 4.78 is 25.7. The molecule has 0 amide bonds. The van der Waals surface area contributed by atoms with Gasteiger partial charge in [-0.15, -0.1) is 0 Å². The van der Waals surface area contributed by atoms with Crippen LogP contribution in [-0.2, 0) is 10.0 Å². The number of nitrogens with two attached hydrogens (primary N) is 1. The molecule has 0 fully saturated rings. The molecule has 1 aromatic carbocycles. The third-order valence-electron chi connectivity index (χ3n) is 1.94. The summed E-state index contributed by atoms with van der Waals surface area (Å²) in [7, 11) is -3.71. The van der Waals surface area contributed by atoms with Gasteiger partial charge in [-0.1, -0.05) is 0 Å². The Morgan fingerprint density at radius 2 is 2.12 bits per heavy atom. The van der Waals surface area contributed by atoms with E-state index in [1.165, 1.54) is 19.1 Å². The van der Waals surface area contributed by atoms with E-state index < -0.39 is 16.1 Å².